The van der Waals surface area contributed by atoms with Gasteiger partial charge < -0.3 is 4.74 Å². The van der Waals surface area contributed by atoms with Crippen LogP contribution in [-0.4, -0.2) is 11.9 Å². The smallest absolute Gasteiger partial charge is 0.317 e. The maximum absolute atomic E-state index is 11.3. The molecule has 0 saturated carbocycles. The monoisotopic (exact) mass is 366 g/mol. The Labute approximate surface area is 161 Å². The number of esters is 2. The molecule has 152 valence electrons. The normalized spacial score (nSPS) is 17.0. The van der Waals surface area contributed by atoms with Gasteiger partial charge in [0.25, 0.3) is 0 Å². The van der Waals surface area contributed by atoms with Gasteiger partial charge in [-0.1, -0.05) is 116 Å². The Bertz CT molecular complexity index is 364. The van der Waals surface area contributed by atoms with Gasteiger partial charge in [-0.3, -0.25) is 9.59 Å². The second kappa shape index (κ2) is 16.3. The molecule has 0 N–H and O–H groups in total. The van der Waals surface area contributed by atoms with Crippen LogP contribution in [0.4, 0.5) is 0 Å². The van der Waals surface area contributed by atoms with Gasteiger partial charge in [-0.15, -0.1) is 0 Å². The zero-order valence-corrected chi connectivity index (χ0v) is 17.2. The van der Waals surface area contributed by atoms with E-state index in [0.29, 0.717) is 6.42 Å². The Kier molecular flexibility index (Phi) is 14.6. The lowest BCUT2D eigenvalue weighted by Gasteiger charge is -2.05. The predicted octanol–water partition coefficient (Wildman–Crippen LogP) is 7.12. The van der Waals surface area contributed by atoms with Gasteiger partial charge in [0, 0.05) is 0 Å². The quantitative estimate of drug-likeness (QED) is 0.147. The zero-order chi connectivity index (χ0) is 18.9. The van der Waals surface area contributed by atoms with Crippen LogP contribution in [0.1, 0.15) is 129 Å². The molecule has 0 amide bonds. The summed E-state index contributed by atoms with van der Waals surface area (Å²) in [6.45, 7) is 2.28. The first-order valence-electron chi connectivity index (χ1n) is 11.5. The SMILES string of the molecule is CCCCCCCCCCCCCCCCCCCC1CC(=O)OC1=O. The van der Waals surface area contributed by atoms with Crippen LogP contribution in [0.5, 0.6) is 0 Å². The number of ether oxygens (including phenoxy) is 1. The van der Waals surface area contributed by atoms with Gasteiger partial charge >= 0.3 is 11.9 Å². The van der Waals surface area contributed by atoms with Crippen LogP contribution in [0.25, 0.3) is 0 Å². The molecule has 1 fully saturated rings. The minimum atomic E-state index is -0.341. The van der Waals surface area contributed by atoms with Gasteiger partial charge in [-0.05, 0) is 6.42 Å². The summed E-state index contributed by atoms with van der Waals surface area (Å²) in [5.74, 6) is -0.794. The van der Waals surface area contributed by atoms with Crippen molar-refractivity contribution in [3.63, 3.8) is 0 Å². The fourth-order valence-corrected chi connectivity index (χ4v) is 3.86. The van der Waals surface area contributed by atoms with Gasteiger partial charge in [-0.25, -0.2) is 0 Å². The molecule has 0 radical (unpaired) electrons. The van der Waals surface area contributed by atoms with E-state index < -0.39 is 0 Å². The first-order chi connectivity index (χ1) is 12.7. The molecular weight excluding hydrogens is 324 g/mol. The average molecular weight is 367 g/mol. The van der Waals surface area contributed by atoms with Crippen LogP contribution in [-0.2, 0) is 14.3 Å². The summed E-state index contributed by atoms with van der Waals surface area (Å²) >= 11 is 0. The van der Waals surface area contributed by atoms with E-state index in [1.165, 1.54) is 103 Å². The number of hydrogen-bond acceptors (Lipinski definition) is 3. The van der Waals surface area contributed by atoms with Crippen LogP contribution in [0.3, 0.4) is 0 Å². The highest BCUT2D eigenvalue weighted by atomic mass is 16.6. The summed E-state index contributed by atoms with van der Waals surface area (Å²) in [7, 11) is 0. The van der Waals surface area contributed by atoms with Crippen molar-refractivity contribution in [2.75, 3.05) is 0 Å². The summed E-state index contributed by atoms with van der Waals surface area (Å²) in [5.41, 5.74) is 0. The van der Waals surface area contributed by atoms with Gasteiger partial charge in [0.05, 0.1) is 12.3 Å². The van der Waals surface area contributed by atoms with Crippen LogP contribution in [0.15, 0.2) is 0 Å². The molecule has 1 rings (SSSR count). The van der Waals surface area contributed by atoms with Crippen molar-refractivity contribution in [1.29, 1.82) is 0 Å². The Morgan fingerprint density at radius 3 is 1.38 bits per heavy atom. The number of carbonyl (C=O) groups excluding carboxylic acids is 2. The van der Waals surface area contributed by atoms with Gasteiger partial charge in [0.15, 0.2) is 0 Å². The predicted molar refractivity (Wildman–Crippen MR) is 108 cm³/mol. The molecule has 1 atom stereocenters. The highest BCUT2D eigenvalue weighted by molar-refractivity contribution is 5.94. The van der Waals surface area contributed by atoms with E-state index >= 15 is 0 Å². The van der Waals surface area contributed by atoms with E-state index in [9.17, 15) is 9.59 Å². The van der Waals surface area contributed by atoms with Crippen LogP contribution in [0, 0.1) is 5.92 Å². The van der Waals surface area contributed by atoms with Crippen LogP contribution in [0.2, 0.25) is 0 Å². The molecule has 0 bridgehead atoms. The summed E-state index contributed by atoms with van der Waals surface area (Å²) in [4.78, 5) is 22.3. The zero-order valence-electron chi connectivity index (χ0n) is 17.2. The minimum absolute atomic E-state index is 0.154. The van der Waals surface area contributed by atoms with Gasteiger partial charge in [0.2, 0.25) is 0 Å². The molecule has 1 saturated heterocycles. The Morgan fingerprint density at radius 1 is 0.654 bits per heavy atom. The Morgan fingerprint density at radius 2 is 1.04 bits per heavy atom. The molecule has 1 unspecified atom stereocenters. The number of hydrogen-bond donors (Lipinski definition) is 0. The fraction of sp³-hybridized carbons (Fsp3) is 0.913. The molecule has 0 spiro atoms. The second-order valence-corrected chi connectivity index (χ2v) is 8.14. The van der Waals surface area contributed by atoms with Crippen molar-refractivity contribution in [2.24, 2.45) is 5.92 Å². The highest BCUT2D eigenvalue weighted by Crippen LogP contribution is 2.22. The molecule has 3 heteroatoms. The molecule has 0 aromatic heterocycles. The highest BCUT2D eigenvalue weighted by Gasteiger charge is 2.32. The van der Waals surface area contributed by atoms with E-state index in [0.717, 1.165) is 12.8 Å². The van der Waals surface area contributed by atoms with E-state index in [4.69, 9.17) is 0 Å². The lowest BCUT2D eigenvalue weighted by molar-refractivity contribution is -0.153. The Hall–Kier alpha value is -0.860. The van der Waals surface area contributed by atoms with E-state index in [1.54, 1.807) is 0 Å². The average Bonchev–Trinajstić information content (AvgIpc) is 2.95. The maximum Gasteiger partial charge on any atom is 0.317 e. The number of carbonyl (C=O) groups is 2. The summed E-state index contributed by atoms with van der Waals surface area (Å²) in [5, 5.41) is 0. The third-order valence-electron chi connectivity index (χ3n) is 5.62. The second-order valence-electron chi connectivity index (χ2n) is 8.14. The molecular formula is C23H42O3. The molecule has 26 heavy (non-hydrogen) atoms. The third-order valence-corrected chi connectivity index (χ3v) is 5.62. The fourth-order valence-electron chi connectivity index (χ4n) is 3.86. The topological polar surface area (TPSA) is 43.4 Å². The third kappa shape index (κ3) is 12.5. The standard InChI is InChI=1S/C23H42O3/c1-2-3-4-5-6-7-8-9-10-11-12-13-14-15-16-17-18-19-21-20-22(24)26-23(21)25/h21H,2-20H2,1H3. The molecule has 1 aliphatic rings. The van der Waals surface area contributed by atoms with E-state index in [2.05, 4.69) is 11.7 Å². The van der Waals surface area contributed by atoms with E-state index in [-0.39, 0.29) is 17.9 Å². The first kappa shape index (κ1) is 23.2. The van der Waals surface area contributed by atoms with Crippen LogP contribution < -0.4 is 0 Å². The lowest BCUT2D eigenvalue weighted by Crippen LogP contribution is -2.06. The summed E-state index contributed by atoms with van der Waals surface area (Å²) in [6, 6.07) is 0. The molecule has 3 nitrogen and oxygen atoms in total. The molecule has 0 aromatic rings. The van der Waals surface area contributed by atoms with Crippen molar-refractivity contribution in [2.45, 2.75) is 129 Å². The largest absolute Gasteiger partial charge is 0.393 e. The van der Waals surface area contributed by atoms with Crippen molar-refractivity contribution in [1.82, 2.24) is 0 Å². The van der Waals surface area contributed by atoms with Crippen molar-refractivity contribution >= 4 is 11.9 Å². The van der Waals surface area contributed by atoms with Crippen molar-refractivity contribution in [3.05, 3.63) is 0 Å². The number of unbranched alkanes of at least 4 members (excludes halogenated alkanes) is 16. The summed E-state index contributed by atoms with van der Waals surface area (Å²) < 4.78 is 4.58. The molecule has 1 aliphatic heterocycles. The number of rotatable bonds is 18. The van der Waals surface area contributed by atoms with Gasteiger partial charge in [0.1, 0.15) is 0 Å². The summed E-state index contributed by atoms with van der Waals surface area (Å²) in [6.07, 6.45) is 24.3. The molecule has 0 aliphatic carbocycles. The van der Waals surface area contributed by atoms with Crippen LogP contribution >= 0.6 is 0 Å². The van der Waals surface area contributed by atoms with Crippen molar-refractivity contribution < 1.29 is 14.3 Å². The number of cyclic esters (lactones) is 2. The minimum Gasteiger partial charge on any atom is -0.393 e. The maximum atomic E-state index is 11.3. The molecule has 1 heterocycles. The first-order valence-corrected chi connectivity index (χ1v) is 11.5. The Balaban J connectivity index is 1.71. The lowest BCUT2D eigenvalue weighted by atomic mass is 9.98. The van der Waals surface area contributed by atoms with Gasteiger partial charge in [-0.2, -0.15) is 0 Å². The molecule has 0 aromatic carbocycles. The van der Waals surface area contributed by atoms with Crippen molar-refractivity contribution in [3.8, 4) is 0 Å². The van der Waals surface area contributed by atoms with E-state index in [1.807, 2.05) is 0 Å².